The first-order valence-electron chi connectivity index (χ1n) is 6.25. The van der Waals surface area contributed by atoms with E-state index < -0.39 is 0 Å². The number of thioether (sulfide) groups is 2. The van der Waals surface area contributed by atoms with Gasteiger partial charge in [0.1, 0.15) is 0 Å². The number of hydrogen-bond acceptors (Lipinski definition) is 7. The number of aromatic nitrogens is 2. The molecule has 1 heterocycles. The minimum Gasteiger partial charge on any atom is -0.327 e. The number of nitrogens with two attached hydrogens (primary N) is 1. The van der Waals surface area contributed by atoms with Crippen LogP contribution in [0, 0.1) is 0 Å². The highest BCUT2D eigenvalue weighted by Crippen LogP contribution is 2.20. The first kappa shape index (κ1) is 16.7. The second kappa shape index (κ2) is 9.57. The van der Waals surface area contributed by atoms with Gasteiger partial charge >= 0.3 is 0 Å². The smallest absolute Gasteiger partial charge is 0.236 e. The summed E-state index contributed by atoms with van der Waals surface area (Å²) in [7, 11) is 0. The summed E-state index contributed by atoms with van der Waals surface area (Å²) in [6.07, 6.45) is 2.02. The molecule has 0 saturated heterocycles. The molecule has 3 N–H and O–H groups in total. The van der Waals surface area contributed by atoms with Crippen molar-refractivity contribution in [1.82, 2.24) is 9.36 Å². The molecule has 108 valence electrons. The van der Waals surface area contributed by atoms with Crippen molar-refractivity contribution >= 4 is 46.1 Å². The maximum absolute atomic E-state index is 11.7. The SMILES string of the molecule is CCCSc1nsc(NC(=O)CSCC(N)CC)n1. The highest BCUT2D eigenvalue weighted by molar-refractivity contribution is 8.00. The van der Waals surface area contributed by atoms with Gasteiger partial charge < -0.3 is 5.73 Å². The van der Waals surface area contributed by atoms with Crippen LogP contribution in [0.25, 0.3) is 0 Å². The van der Waals surface area contributed by atoms with E-state index in [2.05, 4.69) is 21.6 Å². The van der Waals surface area contributed by atoms with Gasteiger partial charge in [0.05, 0.1) is 5.75 Å². The molecule has 0 saturated carbocycles. The lowest BCUT2D eigenvalue weighted by Gasteiger charge is -2.07. The van der Waals surface area contributed by atoms with Gasteiger partial charge in [0.15, 0.2) is 0 Å². The summed E-state index contributed by atoms with van der Waals surface area (Å²) >= 11 is 4.38. The van der Waals surface area contributed by atoms with E-state index in [4.69, 9.17) is 5.73 Å². The third-order valence-corrected chi connectivity index (χ3v) is 5.11. The van der Waals surface area contributed by atoms with E-state index in [0.29, 0.717) is 10.9 Å². The Kier molecular flexibility index (Phi) is 8.43. The molecule has 1 aromatic rings. The van der Waals surface area contributed by atoms with Gasteiger partial charge in [-0.3, -0.25) is 10.1 Å². The second-order valence-corrected chi connectivity index (χ2v) is 6.81. The minimum absolute atomic E-state index is 0.0449. The Balaban J connectivity index is 2.26. The van der Waals surface area contributed by atoms with Crippen LogP contribution in [0.4, 0.5) is 5.13 Å². The fourth-order valence-corrected chi connectivity index (χ4v) is 3.42. The Bertz CT molecular complexity index is 386. The Hall–Kier alpha value is -0.310. The summed E-state index contributed by atoms with van der Waals surface area (Å²) in [6.45, 7) is 4.16. The number of carbonyl (C=O) groups excluding carboxylic acids is 1. The standard InChI is InChI=1S/C11H20N4OS3/c1-3-5-18-11-14-10(19-15-11)13-9(16)7-17-6-8(12)4-2/h8H,3-7,12H2,1-2H3,(H,13,14,15,16). The van der Waals surface area contributed by atoms with Crippen LogP contribution in [0.15, 0.2) is 5.16 Å². The third-order valence-electron chi connectivity index (χ3n) is 2.18. The van der Waals surface area contributed by atoms with Crippen LogP contribution in [0.3, 0.4) is 0 Å². The molecule has 5 nitrogen and oxygen atoms in total. The van der Waals surface area contributed by atoms with Gasteiger partial charge in [0.2, 0.25) is 16.2 Å². The first-order chi connectivity index (χ1) is 9.15. The van der Waals surface area contributed by atoms with Crippen LogP contribution in [0.2, 0.25) is 0 Å². The minimum atomic E-state index is -0.0449. The van der Waals surface area contributed by atoms with Crippen LogP contribution in [0.1, 0.15) is 26.7 Å². The predicted octanol–water partition coefficient (Wildman–Crippen LogP) is 2.45. The largest absolute Gasteiger partial charge is 0.327 e. The summed E-state index contributed by atoms with van der Waals surface area (Å²) in [5.41, 5.74) is 5.79. The van der Waals surface area contributed by atoms with Crippen molar-refractivity contribution < 1.29 is 4.79 Å². The molecular formula is C11H20N4OS3. The molecule has 0 aromatic carbocycles. The monoisotopic (exact) mass is 320 g/mol. The van der Waals surface area contributed by atoms with Gasteiger partial charge in [0, 0.05) is 29.1 Å². The Morgan fingerprint density at radius 1 is 1.53 bits per heavy atom. The number of amides is 1. The van der Waals surface area contributed by atoms with Crippen LogP contribution in [0.5, 0.6) is 0 Å². The molecule has 1 atom stereocenters. The quantitative estimate of drug-likeness (QED) is 0.680. The number of nitrogens with one attached hydrogen (secondary N) is 1. The molecule has 0 fully saturated rings. The van der Waals surface area contributed by atoms with E-state index in [9.17, 15) is 4.79 Å². The Morgan fingerprint density at radius 3 is 3.00 bits per heavy atom. The zero-order chi connectivity index (χ0) is 14.1. The van der Waals surface area contributed by atoms with E-state index in [1.807, 2.05) is 6.92 Å². The average molecular weight is 321 g/mol. The van der Waals surface area contributed by atoms with Crippen molar-refractivity contribution in [2.75, 3.05) is 22.6 Å². The molecule has 0 aliphatic carbocycles. The van der Waals surface area contributed by atoms with Crippen molar-refractivity contribution in [3.63, 3.8) is 0 Å². The second-order valence-electron chi connectivity index (χ2n) is 3.96. The molecule has 1 unspecified atom stereocenters. The molecule has 1 aromatic heterocycles. The van der Waals surface area contributed by atoms with Crippen LogP contribution in [-0.2, 0) is 4.79 Å². The van der Waals surface area contributed by atoms with E-state index >= 15 is 0 Å². The van der Waals surface area contributed by atoms with E-state index in [1.165, 1.54) is 11.5 Å². The van der Waals surface area contributed by atoms with Crippen LogP contribution >= 0.6 is 35.1 Å². The summed E-state index contributed by atoms with van der Waals surface area (Å²) in [5, 5.41) is 4.07. The van der Waals surface area contributed by atoms with Gasteiger partial charge in [-0.15, -0.1) is 0 Å². The lowest BCUT2D eigenvalue weighted by atomic mass is 10.3. The van der Waals surface area contributed by atoms with Crippen molar-refractivity contribution in [2.24, 2.45) is 5.73 Å². The molecule has 0 aliphatic rings. The number of hydrogen-bond donors (Lipinski definition) is 2. The number of nitrogens with zero attached hydrogens (tertiary/aromatic N) is 2. The van der Waals surface area contributed by atoms with Gasteiger partial charge in [-0.05, 0) is 12.8 Å². The van der Waals surface area contributed by atoms with Gasteiger partial charge in [-0.2, -0.15) is 21.1 Å². The van der Waals surface area contributed by atoms with Crippen molar-refractivity contribution in [1.29, 1.82) is 0 Å². The summed E-state index contributed by atoms with van der Waals surface area (Å²) < 4.78 is 4.18. The molecular weight excluding hydrogens is 300 g/mol. The van der Waals surface area contributed by atoms with Crippen LogP contribution < -0.4 is 11.1 Å². The maximum atomic E-state index is 11.7. The van der Waals surface area contributed by atoms with Crippen LogP contribution in [-0.4, -0.2) is 38.6 Å². The molecule has 1 amide bonds. The Labute approximate surface area is 126 Å². The van der Waals surface area contributed by atoms with E-state index in [-0.39, 0.29) is 11.9 Å². The Morgan fingerprint density at radius 2 is 2.32 bits per heavy atom. The number of anilines is 1. The van der Waals surface area contributed by atoms with Crippen molar-refractivity contribution in [3.8, 4) is 0 Å². The maximum Gasteiger partial charge on any atom is 0.236 e. The average Bonchev–Trinajstić information content (AvgIpc) is 2.83. The first-order valence-corrected chi connectivity index (χ1v) is 9.16. The van der Waals surface area contributed by atoms with E-state index in [1.54, 1.807) is 23.5 Å². The number of carbonyl (C=O) groups is 1. The normalized spacial score (nSPS) is 12.4. The van der Waals surface area contributed by atoms with Gasteiger partial charge in [0.25, 0.3) is 0 Å². The highest BCUT2D eigenvalue weighted by atomic mass is 32.2. The summed E-state index contributed by atoms with van der Waals surface area (Å²) in [4.78, 5) is 15.9. The lowest BCUT2D eigenvalue weighted by molar-refractivity contribution is -0.113. The third kappa shape index (κ3) is 7.14. The molecule has 0 bridgehead atoms. The van der Waals surface area contributed by atoms with Gasteiger partial charge in [-0.25, -0.2) is 0 Å². The molecule has 19 heavy (non-hydrogen) atoms. The molecule has 0 aliphatic heterocycles. The molecule has 1 rings (SSSR count). The molecule has 8 heteroatoms. The summed E-state index contributed by atoms with van der Waals surface area (Å²) in [5.74, 6) is 2.16. The fraction of sp³-hybridized carbons (Fsp3) is 0.727. The zero-order valence-electron chi connectivity index (χ0n) is 11.2. The lowest BCUT2D eigenvalue weighted by Crippen LogP contribution is -2.23. The van der Waals surface area contributed by atoms with Crippen molar-refractivity contribution in [3.05, 3.63) is 0 Å². The molecule has 0 spiro atoms. The number of rotatable bonds is 9. The van der Waals surface area contributed by atoms with E-state index in [0.717, 1.165) is 29.5 Å². The predicted molar refractivity (Wildman–Crippen MR) is 85.1 cm³/mol. The highest BCUT2D eigenvalue weighted by Gasteiger charge is 2.09. The van der Waals surface area contributed by atoms with Crippen molar-refractivity contribution in [2.45, 2.75) is 37.9 Å². The van der Waals surface area contributed by atoms with Gasteiger partial charge in [-0.1, -0.05) is 25.6 Å². The zero-order valence-corrected chi connectivity index (χ0v) is 13.7. The fourth-order valence-electron chi connectivity index (χ4n) is 1.09. The molecule has 0 radical (unpaired) electrons. The summed E-state index contributed by atoms with van der Waals surface area (Å²) in [6, 6.07) is 0.163. The topological polar surface area (TPSA) is 80.9 Å².